The lowest BCUT2D eigenvalue weighted by molar-refractivity contribution is 0.285. The molecule has 2 rings (SSSR count). The third-order valence-electron chi connectivity index (χ3n) is 3.42. The smallest absolute Gasteiger partial charge is 0.106 e. The molecule has 2 heterocycles. The second-order valence-corrected chi connectivity index (χ2v) is 5.64. The van der Waals surface area contributed by atoms with Crippen molar-refractivity contribution >= 4 is 21.6 Å². The van der Waals surface area contributed by atoms with Gasteiger partial charge in [-0.05, 0) is 41.2 Å². The number of halogens is 1. The molecule has 0 aromatic carbocycles. The van der Waals surface area contributed by atoms with Gasteiger partial charge in [-0.15, -0.1) is 0 Å². The van der Waals surface area contributed by atoms with Crippen LogP contribution in [-0.2, 0) is 13.1 Å². The van der Waals surface area contributed by atoms with Crippen LogP contribution in [0.25, 0.3) is 0 Å². The highest BCUT2D eigenvalue weighted by atomic mass is 79.9. The lowest BCUT2D eigenvalue weighted by Gasteiger charge is -2.17. The summed E-state index contributed by atoms with van der Waals surface area (Å²) in [4.78, 5) is 6.79. The van der Waals surface area contributed by atoms with Crippen molar-refractivity contribution in [2.24, 2.45) is 0 Å². The third-order valence-corrected chi connectivity index (χ3v) is 3.86. The molecule has 114 valence electrons. The molecular weight excluding hydrogens is 330 g/mol. The summed E-state index contributed by atoms with van der Waals surface area (Å²) in [5.74, 6) is 0. The van der Waals surface area contributed by atoms with Crippen molar-refractivity contribution in [3.8, 4) is 0 Å². The first-order valence-electron chi connectivity index (χ1n) is 7.31. The summed E-state index contributed by atoms with van der Waals surface area (Å²) in [6.07, 6.45) is 3.90. The Morgan fingerprint density at radius 2 is 2.10 bits per heavy atom. The minimum atomic E-state index is 0.696. The molecule has 0 radical (unpaired) electrons. The molecule has 0 atom stereocenters. The number of nitrogens with one attached hydrogen (secondary N) is 1. The summed E-state index contributed by atoms with van der Waals surface area (Å²) in [5.41, 5.74) is 2.02. The summed E-state index contributed by atoms with van der Waals surface area (Å²) in [5, 5.41) is 7.73. The van der Waals surface area contributed by atoms with Gasteiger partial charge in [-0.3, -0.25) is 4.68 Å². The molecule has 0 aliphatic carbocycles. The highest BCUT2D eigenvalue weighted by molar-refractivity contribution is 9.10. The van der Waals surface area contributed by atoms with E-state index in [-0.39, 0.29) is 0 Å². The fraction of sp³-hybridized carbons (Fsp3) is 0.467. The summed E-state index contributed by atoms with van der Waals surface area (Å²) < 4.78 is 2.84. The molecule has 0 spiro atoms. The van der Waals surface area contributed by atoms with Gasteiger partial charge in [0.15, 0.2) is 0 Å². The molecule has 2 aromatic rings. The van der Waals surface area contributed by atoms with Crippen LogP contribution in [-0.4, -0.2) is 39.3 Å². The van der Waals surface area contributed by atoms with Crippen LogP contribution >= 0.6 is 15.9 Å². The van der Waals surface area contributed by atoms with Crippen molar-refractivity contribution in [3.05, 3.63) is 40.9 Å². The van der Waals surface area contributed by atoms with E-state index in [4.69, 9.17) is 0 Å². The standard InChI is InChI=1S/C15H22BrN5/c1-3-20(4-2)8-9-21-12-14(11-18-21)17-10-13-6-5-7-15(16)19-13/h5-7,11-12,17H,3-4,8-10H2,1-2H3. The van der Waals surface area contributed by atoms with Crippen LogP contribution in [0.1, 0.15) is 19.5 Å². The van der Waals surface area contributed by atoms with E-state index < -0.39 is 0 Å². The van der Waals surface area contributed by atoms with E-state index in [2.05, 4.69) is 50.1 Å². The van der Waals surface area contributed by atoms with Crippen LogP contribution in [0, 0.1) is 0 Å². The number of rotatable bonds is 8. The fourth-order valence-electron chi connectivity index (χ4n) is 2.10. The van der Waals surface area contributed by atoms with E-state index in [9.17, 15) is 0 Å². The molecule has 0 fully saturated rings. The number of pyridine rings is 1. The fourth-order valence-corrected chi connectivity index (χ4v) is 2.48. The molecule has 0 saturated carbocycles. The Morgan fingerprint density at radius 3 is 2.81 bits per heavy atom. The molecule has 0 bridgehead atoms. The van der Waals surface area contributed by atoms with Gasteiger partial charge in [0.2, 0.25) is 0 Å². The molecule has 1 N–H and O–H groups in total. The number of anilines is 1. The van der Waals surface area contributed by atoms with Crippen LogP contribution < -0.4 is 5.32 Å². The lowest BCUT2D eigenvalue weighted by atomic mass is 10.3. The average Bonchev–Trinajstić information content (AvgIpc) is 2.94. The first kappa shape index (κ1) is 16.0. The number of hydrogen-bond donors (Lipinski definition) is 1. The van der Waals surface area contributed by atoms with E-state index in [1.807, 2.05) is 35.3 Å². The maximum Gasteiger partial charge on any atom is 0.106 e. The molecule has 5 nitrogen and oxygen atoms in total. The van der Waals surface area contributed by atoms with Gasteiger partial charge in [-0.1, -0.05) is 19.9 Å². The molecular formula is C15H22BrN5. The van der Waals surface area contributed by atoms with Gasteiger partial charge in [0.05, 0.1) is 30.7 Å². The maximum absolute atomic E-state index is 4.40. The van der Waals surface area contributed by atoms with Gasteiger partial charge in [0, 0.05) is 12.7 Å². The monoisotopic (exact) mass is 351 g/mol. The second kappa shape index (κ2) is 8.14. The summed E-state index contributed by atoms with van der Waals surface area (Å²) in [7, 11) is 0. The van der Waals surface area contributed by atoms with E-state index in [1.165, 1.54) is 0 Å². The Bertz CT molecular complexity index is 551. The molecule has 0 unspecified atom stereocenters. The predicted molar refractivity (Wildman–Crippen MR) is 89.3 cm³/mol. The Morgan fingerprint density at radius 1 is 1.29 bits per heavy atom. The lowest BCUT2D eigenvalue weighted by Crippen LogP contribution is -2.27. The minimum Gasteiger partial charge on any atom is -0.377 e. The maximum atomic E-state index is 4.40. The van der Waals surface area contributed by atoms with Crippen molar-refractivity contribution < 1.29 is 0 Å². The van der Waals surface area contributed by atoms with Gasteiger partial charge >= 0.3 is 0 Å². The summed E-state index contributed by atoms with van der Waals surface area (Å²) >= 11 is 3.38. The van der Waals surface area contributed by atoms with Gasteiger partial charge in [0.1, 0.15) is 4.60 Å². The quantitative estimate of drug-likeness (QED) is 0.742. The minimum absolute atomic E-state index is 0.696. The topological polar surface area (TPSA) is 46.0 Å². The van der Waals surface area contributed by atoms with Crippen LogP contribution in [0.15, 0.2) is 35.2 Å². The zero-order valence-corrected chi connectivity index (χ0v) is 14.2. The van der Waals surface area contributed by atoms with Gasteiger partial charge in [-0.2, -0.15) is 5.10 Å². The van der Waals surface area contributed by atoms with Crippen LogP contribution in [0.4, 0.5) is 5.69 Å². The van der Waals surface area contributed by atoms with Gasteiger partial charge in [0.25, 0.3) is 0 Å². The Kier molecular flexibility index (Phi) is 6.20. The van der Waals surface area contributed by atoms with Crippen molar-refractivity contribution in [2.75, 3.05) is 25.0 Å². The zero-order chi connectivity index (χ0) is 15.1. The number of nitrogens with zero attached hydrogens (tertiary/aromatic N) is 4. The second-order valence-electron chi connectivity index (χ2n) is 4.82. The van der Waals surface area contributed by atoms with Crippen LogP contribution in [0.5, 0.6) is 0 Å². The summed E-state index contributed by atoms with van der Waals surface area (Å²) in [6.45, 7) is 9.17. The normalized spacial score (nSPS) is 11.0. The number of hydrogen-bond acceptors (Lipinski definition) is 4. The van der Waals surface area contributed by atoms with E-state index in [0.29, 0.717) is 6.54 Å². The molecule has 0 saturated heterocycles. The van der Waals surface area contributed by atoms with Crippen molar-refractivity contribution in [1.82, 2.24) is 19.7 Å². The van der Waals surface area contributed by atoms with Crippen LogP contribution in [0.2, 0.25) is 0 Å². The summed E-state index contributed by atoms with van der Waals surface area (Å²) in [6, 6.07) is 5.92. The highest BCUT2D eigenvalue weighted by Gasteiger charge is 2.02. The predicted octanol–water partition coefficient (Wildman–Crippen LogP) is 2.99. The van der Waals surface area contributed by atoms with Crippen molar-refractivity contribution in [1.29, 1.82) is 0 Å². The molecule has 2 aromatic heterocycles. The van der Waals surface area contributed by atoms with Crippen molar-refractivity contribution in [2.45, 2.75) is 26.9 Å². The number of aromatic nitrogens is 3. The first-order valence-corrected chi connectivity index (χ1v) is 8.10. The van der Waals surface area contributed by atoms with Gasteiger partial charge < -0.3 is 10.2 Å². The molecule has 0 aliphatic rings. The largest absolute Gasteiger partial charge is 0.377 e. The molecule has 21 heavy (non-hydrogen) atoms. The third kappa shape index (κ3) is 5.13. The van der Waals surface area contributed by atoms with E-state index in [0.717, 1.165) is 42.2 Å². The van der Waals surface area contributed by atoms with Gasteiger partial charge in [-0.25, -0.2) is 4.98 Å². The molecule has 0 aliphatic heterocycles. The average molecular weight is 352 g/mol. The van der Waals surface area contributed by atoms with E-state index in [1.54, 1.807) is 0 Å². The number of likely N-dealkylation sites (N-methyl/N-ethyl adjacent to an activating group) is 1. The van der Waals surface area contributed by atoms with E-state index >= 15 is 0 Å². The SMILES string of the molecule is CCN(CC)CCn1cc(NCc2cccc(Br)n2)cn1. The highest BCUT2D eigenvalue weighted by Crippen LogP contribution is 2.10. The Balaban J connectivity index is 1.83. The first-order chi connectivity index (χ1) is 10.2. The molecule has 0 amide bonds. The zero-order valence-electron chi connectivity index (χ0n) is 12.6. The Hall–Kier alpha value is -1.40. The van der Waals surface area contributed by atoms with Crippen LogP contribution in [0.3, 0.4) is 0 Å². The Labute approximate surface area is 134 Å². The molecule has 6 heteroatoms. The van der Waals surface area contributed by atoms with Crippen molar-refractivity contribution in [3.63, 3.8) is 0 Å².